The Bertz CT molecular complexity index is 418. The molecule has 0 radical (unpaired) electrons. The second-order valence-electron chi connectivity index (χ2n) is 5.93. The normalized spacial score (nSPS) is 17.3. The molecule has 0 saturated carbocycles. The Morgan fingerprint density at radius 1 is 1.33 bits per heavy atom. The van der Waals surface area contributed by atoms with Crippen molar-refractivity contribution in [1.29, 1.82) is 0 Å². The summed E-state index contributed by atoms with van der Waals surface area (Å²) in [5.41, 5.74) is 1.28. The summed E-state index contributed by atoms with van der Waals surface area (Å²) < 4.78 is 5.32. The maximum atomic E-state index is 5.32. The van der Waals surface area contributed by atoms with Gasteiger partial charge in [-0.05, 0) is 57.7 Å². The maximum absolute atomic E-state index is 5.32. The molecule has 4 nitrogen and oxygen atoms in total. The highest BCUT2D eigenvalue weighted by atomic mass is 16.5. The first-order chi connectivity index (χ1) is 10.2. The van der Waals surface area contributed by atoms with E-state index >= 15 is 0 Å². The molecule has 1 unspecified atom stereocenters. The van der Waals surface area contributed by atoms with Crippen molar-refractivity contribution in [2.75, 3.05) is 53.9 Å². The van der Waals surface area contributed by atoms with Gasteiger partial charge >= 0.3 is 0 Å². The lowest BCUT2D eigenvalue weighted by Crippen LogP contribution is -2.36. The van der Waals surface area contributed by atoms with E-state index in [1.54, 1.807) is 7.11 Å². The van der Waals surface area contributed by atoms with Crippen LogP contribution in [0.3, 0.4) is 0 Å². The number of methoxy groups -OCH3 is 1. The summed E-state index contributed by atoms with van der Waals surface area (Å²) in [6.45, 7) is 5.88. The molecule has 1 aliphatic heterocycles. The topological polar surface area (TPSA) is 27.7 Å². The Morgan fingerprint density at radius 3 is 2.76 bits per heavy atom. The molecule has 21 heavy (non-hydrogen) atoms. The van der Waals surface area contributed by atoms with E-state index in [2.05, 4.69) is 40.4 Å². The summed E-state index contributed by atoms with van der Waals surface area (Å²) in [6, 6.07) is 8.67. The first-order valence-electron chi connectivity index (χ1n) is 7.95. The van der Waals surface area contributed by atoms with E-state index in [0.29, 0.717) is 6.04 Å². The Balaban J connectivity index is 1.85. The number of likely N-dealkylation sites (tertiary alicyclic amines) is 1. The third-order valence-corrected chi connectivity index (χ3v) is 4.34. The Kier molecular flexibility index (Phi) is 6.49. The van der Waals surface area contributed by atoms with Gasteiger partial charge < -0.3 is 19.9 Å². The predicted molar refractivity (Wildman–Crippen MR) is 88.0 cm³/mol. The van der Waals surface area contributed by atoms with Gasteiger partial charge in [-0.3, -0.25) is 0 Å². The van der Waals surface area contributed by atoms with E-state index in [9.17, 15) is 0 Å². The van der Waals surface area contributed by atoms with Crippen LogP contribution in [0.25, 0.3) is 0 Å². The average molecular weight is 291 g/mol. The fourth-order valence-electron chi connectivity index (χ4n) is 2.94. The number of nitrogens with one attached hydrogen (secondary N) is 1. The Labute approximate surface area is 129 Å². The van der Waals surface area contributed by atoms with Gasteiger partial charge in [-0.25, -0.2) is 0 Å². The van der Waals surface area contributed by atoms with E-state index < -0.39 is 0 Å². The lowest BCUT2D eigenvalue weighted by molar-refractivity contribution is 0.241. The molecule has 1 atom stereocenters. The number of hydrogen-bond donors (Lipinski definition) is 1. The van der Waals surface area contributed by atoms with Crippen molar-refractivity contribution in [2.24, 2.45) is 0 Å². The number of hydrogen-bond acceptors (Lipinski definition) is 4. The molecule has 1 aromatic carbocycles. The number of rotatable bonds is 8. The van der Waals surface area contributed by atoms with Gasteiger partial charge in [0.1, 0.15) is 5.75 Å². The minimum Gasteiger partial charge on any atom is -0.497 e. The van der Waals surface area contributed by atoms with E-state index in [-0.39, 0.29) is 0 Å². The molecule has 4 heteroatoms. The van der Waals surface area contributed by atoms with Crippen LogP contribution in [0.1, 0.15) is 24.4 Å². The average Bonchev–Trinajstić information content (AvgIpc) is 3.04. The highest BCUT2D eigenvalue weighted by Gasteiger charge is 2.15. The smallest absolute Gasteiger partial charge is 0.119 e. The van der Waals surface area contributed by atoms with Gasteiger partial charge in [0.15, 0.2) is 0 Å². The van der Waals surface area contributed by atoms with Crippen LogP contribution >= 0.6 is 0 Å². The summed E-state index contributed by atoms with van der Waals surface area (Å²) in [4.78, 5) is 4.98. The SMILES string of the molecule is CNC(CN(C)CCN1CCCC1)c1cccc(OC)c1. The zero-order valence-corrected chi connectivity index (χ0v) is 13.6. The third-order valence-electron chi connectivity index (χ3n) is 4.34. The monoisotopic (exact) mass is 291 g/mol. The van der Waals surface area contributed by atoms with Crippen molar-refractivity contribution in [2.45, 2.75) is 18.9 Å². The summed E-state index contributed by atoms with van der Waals surface area (Å²) >= 11 is 0. The highest BCUT2D eigenvalue weighted by molar-refractivity contribution is 5.30. The summed E-state index contributed by atoms with van der Waals surface area (Å²) in [6.07, 6.45) is 2.74. The van der Waals surface area contributed by atoms with Gasteiger partial charge in [0.25, 0.3) is 0 Å². The minimum atomic E-state index is 0.337. The number of ether oxygens (including phenoxy) is 1. The van der Waals surface area contributed by atoms with Crippen LogP contribution in [0.4, 0.5) is 0 Å². The predicted octanol–water partition coefficient (Wildman–Crippen LogP) is 1.98. The highest BCUT2D eigenvalue weighted by Crippen LogP contribution is 2.19. The van der Waals surface area contributed by atoms with Crippen LogP contribution < -0.4 is 10.1 Å². The Morgan fingerprint density at radius 2 is 2.10 bits per heavy atom. The van der Waals surface area contributed by atoms with E-state index in [4.69, 9.17) is 4.74 Å². The van der Waals surface area contributed by atoms with Gasteiger partial charge in [0.2, 0.25) is 0 Å². The molecule has 1 aliphatic rings. The van der Waals surface area contributed by atoms with Crippen molar-refractivity contribution in [3.63, 3.8) is 0 Å². The molecule has 1 fully saturated rings. The first kappa shape index (κ1) is 16.3. The number of likely N-dealkylation sites (N-methyl/N-ethyl adjacent to an activating group) is 2. The zero-order chi connectivity index (χ0) is 15.1. The van der Waals surface area contributed by atoms with Gasteiger partial charge in [0.05, 0.1) is 7.11 Å². The third kappa shape index (κ3) is 4.99. The molecule has 1 heterocycles. The lowest BCUT2D eigenvalue weighted by Gasteiger charge is -2.26. The zero-order valence-electron chi connectivity index (χ0n) is 13.6. The standard InChI is InChI=1S/C17H29N3O/c1-18-17(15-7-6-8-16(13-15)21-3)14-19(2)11-12-20-9-4-5-10-20/h6-8,13,17-18H,4-5,9-12,14H2,1-3H3. The molecule has 118 valence electrons. The summed E-state index contributed by atoms with van der Waals surface area (Å²) in [5.74, 6) is 0.924. The van der Waals surface area contributed by atoms with Crippen LogP contribution in [0.15, 0.2) is 24.3 Å². The fourth-order valence-corrected chi connectivity index (χ4v) is 2.94. The minimum absolute atomic E-state index is 0.337. The summed E-state index contributed by atoms with van der Waals surface area (Å²) in [5, 5.41) is 3.42. The van der Waals surface area contributed by atoms with Crippen molar-refractivity contribution in [3.8, 4) is 5.75 Å². The molecule has 0 amide bonds. The van der Waals surface area contributed by atoms with Crippen LogP contribution in [-0.4, -0.2) is 63.7 Å². The van der Waals surface area contributed by atoms with E-state index in [1.807, 2.05) is 13.1 Å². The molecule has 1 aromatic rings. The second kappa shape index (κ2) is 8.37. The molecule has 0 spiro atoms. The van der Waals surface area contributed by atoms with Crippen molar-refractivity contribution < 1.29 is 4.74 Å². The molecule has 0 aromatic heterocycles. The Hall–Kier alpha value is -1.10. The van der Waals surface area contributed by atoms with Gasteiger partial charge in [-0.1, -0.05) is 12.1 Å². The second-order valence-corrected chi connectivity index (χ2v) is 5.93. The molecule has 0 bridgehead atoms. The molecule has 1 N–H and O–H groups in total. The molecule has 2 rings (SSSR count). The molecular weight excluding hydrogens is 262 g/mol. The quantitative estimate of drug-likeness (QED) is 0.793. The summed E-state index contributed by atoms with van der Waals surface area (Å²) in [7, 11) is 5.95. The van der Waals surface area contributed by atoms with Crippen LogP contribution in [0.2, 0.25) is 0 Å². The molecule has 1 saturated heterocycles. The lowest BCUT2D eigenvalue weighted by atomic mass is 10.1. The van der Waals surface area contributed by atoms with Crippen molar-refractivity contribution in [1.82, 2.24) is 15.1 Å². The van der Waals surface area contributed by atoms with Gasteiger partial charge in [0, 0.05) is 25.7 Å². The van der Waals surface area contributed by atoms with Gasteiger partial charge in [-0.15, -0.1) is 0 Å². The molecular formula is C17H29N3O. The number of nitrogens with zero attached hydrogens (tertiary/aromatic N) is 2. The van der Waals surface area contributed by atoms with E-state index in [0.717, 1.165) is 18.8 Å². The van der Waals surface area contributed by atoms with Crippen LogP contribution in [-0.2, 0) is 0 Å². The van der Waals surface area contributed by atoms with Crippen molar-refractivity contribution >= 4 is 0 Å². The maximum Gasteiger partial charge on any atom is 0.119 e. The van der Waals surface area contributed by atoms with E-state index in [1.165, 1.54) is 38.0 Å². The van der Waals surface area contributed by atoms with Crippen LogP contribution in [0, 0.1) is 0 Å². The van der Waals surface area contributed by atoms with Gasteiger partial charge in [-0.2, -0.15) is 0 Å². The number of benzene rings is 1. The molecule has 0 aliphatic carbocycles. The van der Waals surface area contributed by atoms with Crippen molar-refractivity contribution in [3.05, 3.63) is 29.8 Å². The van der Waals surface area contributed by atoms with Crippen LogP contribution in [0.5, 0.6) is 5.75 Å². The fraction of sp³-hybridized carbons (Fsp3) is 0.647. The largest absolute Gasteiger partial charge is 0.497 e. The first-order valence-corrected chi connectivity index (χ1v) is 7.95.